The predicted molar refractivity (Wildman–Crippen MR) is 73.7 cm³/mol. The van der Waals surface area contributed by atoms with Gasteiger partial charge in [0, 0.05) is 5.03 Å². The lowest BCUT2D eigenvalue weighted by atomic mass is 9.65. The zero-order valence-electron chi connectivity index (χ0n) is 11.4. The molecular formula is C15H27Cl. The van der Waals surface area contributed by atoms with Crippen LogP contribution in [-0.4, -0.2) is 0 Å². The molecule has 1 aliphatic carbocycles. The molecule has 1 rings (SSSR count). The third kappa shape index (κ3) is 3.52. The molecule has 0 bridgehead atoms. The van der Waals surface area contributed by atoms with Gasteiger partial charge < -0.3 is 0 Å². The fourth-order valence-corrected chi connectivity index (χ4v) is 3.22. The number of rotatable bonds is 5. The fourth-order valence-electron chi connectivity index (χ4n) is 3.03. The van der Waals surface area contributed by atoms with Crippen molar-refractivity contribution in [3.05, 3.63) is 11.1 Å². The third-order valence-corrected chi connectivity index (χ3v) is 4.82. The van der Waals surface area contributed by atoms with Gasteiger partial charge in [0.2, 0.25) is 0 Å². The Balaban J connectivity index is 2.71. The summed E-state index contributed by atoms with van der Waals surface area (Å²) in [6, 6.07) is 0. The summed E-state index contributed by atoms with van der Waals surface area (Å²) in [4.78, 5) is 0. The summed E-state index contributed by atoms with van der Waals surface area (Å²) in [6.07, 6.45) is 9.82. The van der Waals surface area contributed by atoms with Crippen molar-refractivity contribution in [3.8, 4) is 0 Å². The summed E-state index contributed by atoms with van der Waals surface area (Å²) >= 11 is 6.07. The fraction of sp³-hybridized carbons (Fsp3) is 0.867. The van der Waals surface area contributed by atoms with Crippen LogP contribution in [0, 0.1) is 17.3 Å². The molecule has 0 saturated carbocycles. The van der Waals surface area contributed by atoms with Crippen LogP contribution in [0.2, 0.25) is 0 Å². The van der Waals surface area contributed by atoms with Gasteiger partial charge in [0.15, 0.2) is 0 Å². The number of hydrogen-bond acceptors (Lipinski definition) is 0. The molecule has 16 heavy (non-hydrogen) atoms. The van der Waals surface area contributed by atoms with Crippen molar-refractivity contribution in [2.24, 2.45) is 17.3 Å². The molecule has 0 aliphatic heterocycles. The van der Waals surface area contributed by atoms with Gasteiger partial charge in [0.1, 0.15) is 0 Å². The molecule has 0 aromatic heterocycles. The van der Waals surface area contributed by atoms with Crippen molar-refractivity contribution in [3.63, 3.8) is 0 Å². The summed E-state index contributed by atoms with van der Waals surface area (Å²) in [5, 5.41) is 1.08. The normalized spacial score (nSPS) is 24.1. The maximum atomic E-state index is 6.07. The minimum Gasteiger partial charge on any atom is -0.0895 e. The summed E-state index contributed by atoms with van der Waals surface area (Å²) < 4.78 is 0. The van der Waals surface area contributed by atoms with Gasteiger partial charge in [-0.15, -0.1) is 0 Å². The average molecular weight is 243 g/mol. The van der Waals surface area contributed by atoms with E-state index in [1.807, 2.05) is 0 Å². The number of hydrogen-bond donors (Lipinski definition) is 0. The molecule has 0 saturated heterocycles. The second-order valence-corrected chi connectivity index (χ2v) is 6.41. The van der Waals surface area contributed by atoms with Gasteiger partial charge in [0.25, 0.3) is 0 Å². The Bertz CT molecular complexity index is 240. The van der Waals surface area contributed by atoms with Crippen LogP contribution < -0.4 is 0 Å². The maximum Gasteiger partial charge on any atom is 0.0141 e. The van der Waals surface area contributed by atoms with Gasteiger partial charge >= 0.3 is 0 Å². The molecular weight excluding hydrogens is 216 g/mol. The zero-order chi connectivity index (χ0) is 12.2. The van der Waals surface area contributed by atoms with E-state index in [9.17, 15) is 0 Å². The molecule has 0 radical (unpaired) electrons. The number of halogens is 1. The van der Waals surface area contributed by atoms with E-state index in [-0.39, 0.29) is 0 Å². The Morgan fingerprint density at radius 2 is 2.12 bits per heavy atom. The van der Waals surface area contributed by atoms with Gasteiger partial charge in [-0.25, -0.2) is 0 Å². The SMILES string of the molecule is CCCC(C1CC=C(Cl)CC1)C(C)(C)CC. The Morgan fingerprint density at radius 3 is 2.56 bits per heavy atom. The predicted octanol–water partition coefficient (Wildman–Crippen LogP) is 5.76. The van der Waals surface area contributed by atoms with E-state index < -0.39 is 0 Å². The standard InChI is InChI=1S/C15H27Cl/c1-5-7-14(15(3,4)6-2)12-8-10-13(16)11-9-12/h10,12,14H,5-9,11H2,1-4H3. The maximum absolute atomic E-state index is 6.07. The lowest BCUT2D eigenvalue weighted by Crippen LogP contribution is -2.31. The first-order chi connectivity index (χ1) is 7.51. The quantitative estimate of drug-likeness (QED) is 0.575. The lowest BCUT2D eigenvalue weighted by molar-refractivity contribution is 0.113. The van der Waals surface area contributed by atoms with E-state index in [4.69, 9.17) is 11.6 Å². The Hall–Kier alpha value is 0.0300. The first kappa shape index (κ1) is 14.1. The van der Waals surface area contributed by atoms with Crippen LogP contribution in [0.4, 0.5) is 0 Å². The topological polar surface area (TPSA) is 0 Å². The summed E-state index contributed by atoms with van der Waals surface area (Å²) in [5.74, 6) is 1.72. The van der Waals surface area contributed by atoms with Crippen molar-refractivity contribution in [1.29, 1.82) is 0 Å². The van der Waals surface area contributed by atoms with Crippen LogP contribution in [-0.2, 0) is 0 Å². The van der Waals surface area contributed by atoms with Crippen molar-refractivity contribution in [2.75, 3.05) is 0 Å². The molecule has 94 valence electrons. The molecule has 1 heteroatoms. The largest absolute Gasteiger partial charge is 0.0895 e. The second kappa shape index (κ2) is 6.10. The van der Waals surface area contributed by atoms with Gasteiger partial charge in [-0.2, -0.15) is 0 Å². The first-order valence-corrected chi connectivity index (χ1v) is 7.23. The van der Waals surface area contributed by atoms with Gasteiger partial charge in [-0.1, -0.05) is 58.2 Å². The summed E-state index contributed by atoms with van der Waals surface area (Å²) in [6.45, 7) is 9.51. The first-order valence-electron chi connectivity index (χ1n) is 6.85. The molecule has 0 spiro atoms. The second-order valence-electron chi connectivity index (χ2n) is 5.92. The van der Waals surface area contributed by atoms with E-state index in [2.05, 4.69) is 33.8 Å². The average Bonchev–Trinajstić information content (AvgIpc) is 2.27. The molecule has 0 amide bonds. The molecule has 0 fully saturated rings. The minimum atomic E-state index is 0.484. The summed E-state index contributed by atoms with van der Waals surface area (Å²) in [7, 11) is 0. The Labute approximate surface area is 106 Å². The van der Waals surface area contributed by atoms with Crippen molar-refractivity contribution >= 4 is 11.6 Å². The summed E-state index contributed by atoms with van der Waals surface area (Å²) in [5.41, 5.74) is 0.484. The van der Waals surface area contributed by atoms with E-state index in [1.54, 1.807) is 0 Å². The highest BCUT2D eigenvalue weighted by Gasteiger charge is 2.33. The van der Waals surface area contributed by atoms with E-state index in [0.29, 0.717) is 5.41 Å². The number of allylic oxidation sites excluding steroid dienone is 2. The smallest absolute Gasteiger partial charge is 0.0141 e. The van der Waals surface area contributed by atoms with Gasteiger partial charge in [-0.3, -0.25) is 0 Å². The zero-order valence-corrected chi connectivity index (χ0v) is 12.1. The minimum absolute atomic E-state index is 0.484. The molecule has 0 aromatic carbocycles. The van der Waals surface area contributed by atoms with Crippen molar-refractivity contribution in [1.82, 2.24) is 0 Å². The van der Waals surface area contributed by atoms with Gasteiger partial charge in [0.05, 0.1) is 0 Å². The van der Waals surface area contributed by atoms with E-state index >= 15 is 0 Å². The van der Waals surface area contributed by atoms with Crippen LogP contribution in [0.15, 0.2) is 11.1 Å². The van der Waals surface area contributed by atoms with Crippen molar-refractivity contribution < 1.29 is 0 Å². The van der Waals surface area contributed by atoms with Crippen molar-refractivity contribution in [2.45, 2.75) is 66.2 Å². The molecule has 2 unspecified atom stereocenters. The highest BCUT2D eigenvalue weighted by atomic mass is 35.5. The lowest BCUT2D eigenvalue weighted by Gasteiger charge is -2.40. The third-order valence-electron chi connectivity index (χ3n) is 4.48. The highest BCUT2D eigenvalue weighted by molar-refractivity contribution is 6.29. The Kier molecular flexibility index (Phi) is 5.37. The molecule has 1 aliphatic rings. The molecule has 0 heterocycles. The molecule has 0 nitrogen and oxygen atoms in total. The van der Waals surface area contributed by atoms with Gasteiger partial charge in [-0.05, 0) is 42.9 Å². The van der Waals surface area contributed by atoms with Crippen LogP contribution >= 0.6 is 11.6 Å². The molecule has 2 atom stereocenters. The van der Waals surface area contributed by atoms with Crippen LogP contribution in [0.5, 0.6) is 0 Å². The molecule has 0 N–H and O–H groups in total. The van der Waals surface area contributed by atoms with E-state index in [1.165, 1.54) is 32.1 Å². The monoisotopic (exact) mass is 242 g/mol. The molecule has 0 aromatic rings. The highest BCUT2D eigenvalue weighted by Crippen LogP contribution is 2.44. The van der Waals surface area contributed by atoms with Crippen LogP contribution in [0.3, 0.4) is 0 Å². The van der Waals surface area contributed by atoms with E-state index in [0.717, 1.165) is 23.3 Å². The van der Waals surface area contributed by atoms with Crippen LogP contribution in [0.1, 0.15) is 66.2 Å². The van der Waals surface area contributed by atoms with Crippen LogP contribution in [0.25, 0.3) is 0 Å². The Morgan fingerprint density at radius 1 is 1.44 bits per heavy atom.